The number of H-pyrrole nitrogens is 1. The van der Waals surface area contributed by atoms with Crippen molar-refractivity contribution in [2.24, 2.45) is 0 Å². The van der Waals surface area contributed by atoms with Gasteiger partial charge in [0.1, 0.15) is 5.82 Å². The summed E-state index contributed by atoms with van der Waals surface area (Å²) in [4.78, 5) is 21.6. The Morgan fingerprint density at radius 2 is 2.00 bits per heavy atom. The van der Waals surface area contributed by atoms with Gasteiger partial charge in [-0.2, -0.15) is 0 Å². The van der Waals surface area contributed by atoms with E-state index in [1.54, 1.807) is 0 Å². The van der Waals surface area contributed by atoms with E-state index in [0.29, 0.717) is 32.8 Å². The number of aromatic amines is 1. The standard InChI is InChI=1S/C17H22N4O2/c1-13-10-19-16(20-13)12-18-11-14-2-4-15(5-3-14)17(22)21-6-8-23-9-7-21/h2-5,10,18H,6-9,11-12H2,1H3,(H,19,20). The summed E-state index contributed by atoms with van der Waals surface area (Å²) in [5, 5.41) is 3.34. The van der Waals surface area contributed by atoms with Gasteiger partial charge in [-0.15, -0.1) is 0 Å². The van der Waals surface area contributed by atoms with Crippen LogP contribution in [0.15, 0.2) is 30.5 Å². The molecule has 0 bridgehead atoms. The van der Waals surface area contributed by atoms with Crippen LogP contribution in [-0.4, -0.2) is 47.1 Å². The molecule has 1 aromatic heterocycles. The van der Waals surface area contributed by atoms with Crippen molar-refractivity contribution in [2.75, 3.05) is 26.3 Å². The van der Waals surface area contributed by atoms with Crippen LogP contribution in [0.3, 0.4) is 0 Å². The monoisotopic (exact) mass is 314 g/mol. The fourth-order valence-electron chi connectivity index (χ4n) is 2.60. The molecule has 1 saturated heterocycles. The molecule has 0 radical (unpaired) electrons. The third kappa shape index (κ3) is 4.18. The molecule has 0 saturated carbocycles. The molecule has 1 aliphatic heterocycles. The highest BCUT2D eigenvalue weighted by Gasteiger charge is 2.18. The van der Waals surface area contributed by atoms with Crippen molar-refractivity contribution in [3.8, 4) is 0 Å². The van der Waals surface area contributed by atoms with E-state index in [1.165, 1.54) is 0 Å². The summed E-state index contributed by atoms with van der Waals surface area (Å²) in [5.41, 5.74) is 2.94. The molecule has 6 heteroatoms. The van der Waals surface area contributed by atoms with E-state index in [0.717, 1.165) is 29.2 Å². The van der Waals surface area contributed by atoms with Crippen LogP contribution in [0.4, 0.5) is 0 Å². The van der Waals surface area contributed by atoms with Crippen LogP contribution in [0.1, 0.15) is 27.4 Å². The van der Waals surface area contributed by atoms with E-state index in [4.69, 9.17) is 4.74 Å². The largest absolute Gasteiger partial charge is 0.378 e. The minimum Gasteiger partial charge on any atom is -0.378 e. The second-order valence-electron chi connectivity index (χ2n) is 5.72. The number of aryl methyl sites for hydroxylation is 1. The number of nitrogens with zero attached hydrogens (tertiary/aromatic N) is 2. The van der Waals surface area contributed by atoms with Crippen LogP contribution in [0.2, 0.25) is 0 Å². The van der Waals surface area contributed by atoms with Crippen LogP contribution in [0, 0.1) is 6.92 Å². The van der Waals surface area contributed by atoms with Gasteiger partial charge in [-0.25, -0.2) is 4.98 Å². The molecule has 0 aliphatic carbocycles. The zero-order chi connectivity index (χ0) is 16.1. The van der Waals surface area contributed by atoms with Gasteiger partial charge < -0.3 is 19.9 Å². The maximum atomic E-state index is 12.4. The van der Waals surface area contributed by atoms with Gasteiger partial charge in [-0.05, 0) is 24.6 Å². The number of hydrogen-bond acceptors (Lipinski definition) is 4. The van der Waals surface area contributed by atoms with Gasteiger partial charge in [0.15, 0.2) is 0 Å². The van der Waals surface area contributed by atoms with E-state index in [1.807, 2.05) is 42.3 Å². The Labute approximate surface area is 135 Å². The average Bonchev–Trinajstić information content (AvgIpc) is 3.01. The van der Waals surface area contributed by atoms with Crippen LogP contribution >= 0.6 is 0 Å². The van der Waals surface area contributed by atoms with E-state index in [9.17, 15) is 4.79 Å². The van der Waals surface area contributed by atoms with Crippen molar-refractivity contribution in [3.63, 3.8) is 0 Å². The third-order valence-corrected chi connectivity index (χ3v) is 3.88. The molecule has 3 rings (SSSR count). The first-order valence-corrected chi connectivity index (χ1v) is 7.89. The number of ether oxygens (including phenoxy) is 1. The summed E-state index contributed by atoms with van der Waals surface area (Å²) in [7, 11) is 0. The second kappa shape index (κ2) is 7.39. The topological polar surface area (TPSA) is 70.2 Å². The van der Waals surface area contributed by atoms with Crippen molar-refractivity contribution in [2.45, 2.75) is 20.0 Å². The number of imidazole rings is 1. The van der Waals surface area contributed by atoms with Crippen molar-refractivity contribution < 1.29 is 9.53 Å². The Balaban J connectivity index is 1.51. The lowest BCUT2D eigenvalue weighted by molar-refractivity contribution is 0.0303. The molecule has 1 fully saturated rings. The fraction of sp³-hybridized carbons (Fsp3) is 0.412. The predicted octanol–water partition coefficient (Wildman–Crippen LogP) is 1.48. The summed E-state index contributed by atoms with van der Waals surface area (Å²) in [5.74, 6) is 1.01. The highest BCUT2D eigenvalue weighted by atomic mass is 16.5. The van der Waals surface area contributed by atoms with Gasteiger partial charge in [-0.1, -0.05) is 12.1 Å². The van der Waals surface area contributed by atoms with Gasteiger partial charge in [-0.3, -0.25) is 4.79 Å². The summed E-state index contributed by atoms with van der Waals surface area (Å²) < 4.78 is 5.28. The van der Waals surface area contributed by atoms with Gasteiger partial charge in [0.25, 0.3) is 5.91 Å². The van der Waals surface area contributed by atoms with Gasteiger partial charge in [0, 0.05) is 37.1 Å². The number of nitrogens with one attached hydrogen (secondary N) is 2. The first-order valence-electron chi connectivity index (χ1n) is 7.89. The third-order valence-electron chi connectivity index (χ3n) is 3.88. The van der Waals surface area contributed by atoms with Crippen molar-refractivity contribution >= 4 is 5.91 Å². The summed E-state index contributed by atoms with van der Waals surface area (Å²) in [6, 6.07) is 7.78. The minimum atomic E-state index is 0.0823. The average molecular weight is 314 g/mol. The molecule has 2 aromatic rings. The molecule has 1 aromatic carbocycles. The number of morpholine rings is 1. The van der Waals surface area contributed by atoms with Crippen LogP contribution in [0.25, 0.3) is 0 Å². The molecule has 0 atom stereocenters. The first-order chi connectivity index (χ1) is 11.2. The molecule has 1 aliphatic rings. The highest BCUT2D eigenvalue weighted by Crippen LogP contribution is 2.09. The predicted molar refractivity (Wildman–Crippen MR) is 87.0 cm³/mol. The molecule has 23 heavy (non-hydrogen) atoms. The molecule has 0 unspecified atom stereocenters. The van der Waals surface area contributed by atoms with E-state index < -0.39 is 0 Å². The number of hydrogen-bond donors (Lipinski definition) is 2. The van der Waals surface area contributed by atoms with E-state index in [-0.39, 0.29) is 5.91 Å². The maximum absolute atomic E-state index is 12.4. The quantitative estimate of drug-likeness (QED) is 0.877. The zero-order valence-electron chi connectivity index (χ0n) is 13.3. The van der Waals surface area contributed by atoms with Crippen LogP contribution < -0.4 is 5.32 Å². The number of carbonyl (C=O) groups excluding carboxylic acids is 1. The number of benzene rings is 1. The smallest absolute Gasteiger partial charge is 0.254 e. The Hall–Kier alpha value is -2.18. The lowest BCUT2D eigenvalue weighted by Crippen LogP contribution is -2.40. The van der Waals surface area contributed by atoms with Crippen molar-refractivity contribution in [1.82, 2.24) is 20.2 Å². The van der Waals surface area contributed by atoms with Crippen molar-refractivity contribution in [3.05, 3.63) is 53.1 Å². The summed E-state index contributed by atoms with van der Waals surface area (Å²) >= 11 is 0. The summed E-state index contributed by atoms with van der Waals surface area (Å²) in [6.45, 7) is 6.02. The normalized spacial score (nSPS) is 14.9. The molecular formula is C17H22N4O2. The first kappa shape index (κ1) is 15.7. The number of aromatic nitrogens is 2. The Morgan fingerprint density at radius 1 is 1.26 bits per heavy atom. The lowest BCUT2D eigenvalue weighted by atomic mass is 10.1. The summed E-state index contributed by atoms with van der Waals surface area (Å²) in [6.07, 6.45) is 1.82. The molecule has 6 nitrogen and oxygen atoms in total. The Bertz CT molecular complexity index is 645. The maximum Gasteiger partial charge on any atom is 0.254 e. The number of rotatable bonds is 5. The van der Waals surface area contributed by atoms with Gasteiger partial charge >= 0.3 is 0 Å². The van der Waals surface area contributed by atoms with Crippen molar-refractivity contribution in [1.29, 1.82) is 0 Å². The van der Waals surface area contributed by atoms with Crippen LogP contribution in [0.5, 0.6) is 0 Å². The Morgan fingerprint density at radius 3 is 2.65 bits per heavy atom. The molecule has 0 spiro atoms. The Kier molecular flexibility index (Phi) is 5.05. The fourth-order valence-corrected chi connectivity index (χ4v) is 2.60. The van der Waals surface area contributed by atoms with Gasteiger partial charge in [0.05, 0.1) is 19.8 Å². The van der Waals surface area contributed by atoms with Gasteiger partial charge in [0.2, 0.25) is 0 Å². The molecule has 2 heterocycles. The van der Waals surface area contributed by atoms with E-state index >= 15 is 0 Å². The number of carbonyl (C=O) groups is 1. The van der Waals surface area contributed by atoms with Crippen LogP contribution in [-0.2, 0) is 17.8 Å². The highest BCUT2D eigenvalue weighted by molar-refractivity contribution is 5.94. The second-order valence-corrected chi connectivity index (χ2v) is 5.72. The number of amides is 1. The van der Waals surface area contributed by atoms with E-state index in [2.05, 4.69) is 15.3 Å². The SMILES string of the molecule is Cc1cnc(CNCc2ccc(C(=O)N3CCOCC3)cc2)[nH]1. The molecular weight excluding hydrogens is 292 g/mol. The lowest BCUT2D eigenvalue weighted by Gasteiger charge is -2.26. The zero-order valence-corrected chi connectivity index (χ0v) is 13.3. The molecule has 122 valence electrons. The molecule has 1 amide bonds. The minimum absolute atomic E-state index is 0.0823. The molecule has 2 N–H and O–H groups in total.